The van der Waals surface area contributed by atoms with Gasteiger partial charge in [0.25, 0.3) is 0 Å². The number of rotatable bonds is 8. The van der Waals surface area contributed by atoms with E-state index in [1.807, 2.05) is 0 Å². The summed E-state index contributed by atoms with van der Waals surface area (Å²) in [6.07, 6.45) is 6.43. The Morgan fingerprint density at radius 3 is 1.90 bits per heavy atom. The molecule has 0 spiro atoms. The van der Waals surface area contributed by atoms with Gasteiger partial charge in [-0.1, -0.05) is 62.6 Å². The third kappa shape index (κ3) is 7.09. The molecule has 0 atom stereocenters. The summed E-state index contributed by atoms with van der Waals surface area (Å²) in [4.78, 5) is 0. The molecule has 2 aromatic rings. The van der Waals surface area contributed by atoms with Gasteiger partial charge in [-0.15, -0.1) is 13.2 Å². The monoisotopic (exact) mass is 404 g/mol. The van der Waals surface area contributed by atoms with Crippen LogP contribution < -0.4 is 4.74 Å². The minimum absolute atomic E-state index is 0.171. The van der Waals surface area contributed by atoms with E-state index in [-0.39, 0.29) is 5.75 Å². The summed E-state index contributed by atoms with van der Waals surface area (Å²) in [6, 6.07) is 15.1. The molecular weight excluding hydrogens is 373 g/mol. The molecule has 1 fully saturated rings. The van der Waals surface area contributed by atoms with Crippen LogP contribution in [0.2, 0.25) is 0 Å². The van der Waals surface area contributed by atoms with E-state index in [2.05, 4.69) is 35.9 Å². The van der Waals surface area contributed by atoms with Crippen LogP contribution in [0.5, 0.6) is 5.75 Å². The molecule has 1 aliphatic rings. The van der Waals surface area contributed by atoms with Crippen LogP contribution in [0.15, 0.2) is 48.5 Å². The molecule has 0 bridgehead atoms. The van der Waals surface area contributed by atoms with Gasteiger partial charge in [-0.25, -0.2) is 0 Å². The highest BCUT2D eigenvalue weighted by Gasteiger charge is 2.30. The molecule has 1 saturated carbocycles. The zero-order valence-electron chi connectivity index (χ0n) is 17.2. The van der Waals surface area contributed by atoms with Crippen molar-refractivity contribution in [3.8, 4) is 5.75 Å². The van der Waals surface area contributed by atoms with Crippen LogP contribution in [-0.2, 0) is 12.8 Å². The first-order valence-electron chi connectivity index (χ1n) is 10.9. The second-order valence-electron chi connectivity index (χ2n) is 8.29. The van der Waals surface area contributed by atoms with Gasteiger partial charge in [0, 0.05) is 0 Å². The quantitative estimate of drug-likeness (QED) is 0.435. The van der Waals surface area contributed by atoms with Crippen molar-refractivity contribution in [2.24, 2.45) is 5.92 Å². The summed E-state index contributed by atoms with van der Waals surface area (Å²) in [7, 11) is 0. The first kappa shape index (κ1) is 21.7. The zero-order valence-corrected chi connectivity index (χ0v) is 17.2. The van der Waals surface area contributed by atoms with Crippen molar-refractivity contribution in [2.45, 2.75) is 77.0 Å². The molecule has 0 N–H and O–H groups in total. The van der Waals surface area contributed by atoms with E-state index >= 15 is 0 Å². The van der Waals surface area contributed by atoms with E-state index in [4.69, 9.17) is 0 Å². The molecule has 0 radical (unpaired) electrons. The lowest BCUT2D eigenvalue weighted by atomic mass is 9.77. The van der Waals surface area contributed by atoms with Crippen LogP contribution in [-0.4, -0.2) is 6.36 Å². The molecule has 1 aliphatic carbocycles. The van der Waals surface area contributed by atoms with Crippen molar-refractivity contribution in [3.63, 3.8) is 0 Å². The van der Waals surface area contributed by atoms with Crippen molar-refractivity contribution in [3.05, 3.63) is 65.2 Å². The van der Waals surface area contributed by atoms with Gasteiger partial charge in [0.05, 0.1) is 0 Å². The molecule has 29 heavy (non-hydrogen) atoms. The topological polar surface area (TPSA) is 9.23 Å². The maximum Gasteiger partial charge on any atom is 0.573 e. The van der Waals surface area contributed by atoms with Gasteiger partial charge in [-0.05, 0) is 79.2 Å². The van der Waals surface area contributed by atoms with E-state index in [0.717, 1.165) is 24.3 Å². The number of hydrogen-bond acceptors (Lipinski definition) is 1. The molecule has 0 saturated heterocycles. The molecule has 0 unspecified atom stereocenters. The van der Waals surface area contributed by atoms with Crippen molar-refractivity contribution < 1.29 is 17.9 Å². The maximum atomic E-state index is 12.2. The Labute approximate surface area is 172 Å². The Hall–Kier alpha value is -1.97. The van der Waals surface area contributed by atoms with Crippen molar-refractivity contribution in [1.29, 1.82) is 0 Å². The number of halogens is 3. The Bertz CT molecular complexity index is 726. The number of unbranched alkanes of at least 4 members (excludes halogenated alkanes) is 1. The Kier molecular flexibility index (Phi) is 7.63. The number of aryl methyl sites for hydroxylation is 2. The van der Waals surface area contributed by atoms with Crippen LogP contribution in [0.1, 0.15) is 74.5 Å². The molecule has 0 aliphatic heterocycles. The van der Waals surface area contributed by atoms with Gasteiger partial charge in [0.15, 0.2) is 0 Å². The van der Waals surface area contributed by atoms with Crippen LogP contribution in [0.25, 0.3) is 0 Å². The number of alkyl halides is 3. The fraction of sp³-hybridized carbons (Fsp3) is 0.520. The molecule has 0 aromatic heterocycles. The van der Waals surface area contributed by atoms with E-state index in [1.54, 1.807) is 12.1 Å². The van der Waals surface area contributed by atoms with Crippen LogP contribution in [0, 0.1) is 5.92 Å². The fourth-order valence-corrected chi connectivity index (χ4v) is 4.38. The summed E-state index contributed by atoms with van der Waals surface area (Å²) in [5.41, 5.74) is 3.73. The molecule has 1 nitrogen and oxygen atoms in total. The Morgan fingerprint density at radius 1 is 0.828 bits per heavy atom. The largest absolute Gasteiger partial charge is 0.573 e. The average molecular weight is 405 g/mol. The fourth-order valence-electron chi connectivity index (χ4n) is 4.38. The van der Waals surface area contributed by atoms with Crippen LogP contribution >= 0.6 is 0 Å². The van der Waals surface area contributed by atoms with Gasteiger partial charge in [-0.2, -0.15) is 0 Å². The van der Waals surface area contributed by atoms with E-state index in [0.29, 0.717) is 5.92 Å². The number of benzene rings is 2. The minimum Gasteiger partial charge on any atom is -0.406 e. The van der Waals surface area contributed by atoms with Crippen LogP contribution in [0.4, 0.5) is 13.2 Å². The SMILES string of the molecule is CCCCC1CCC(c2ccc(CCc3ccc(OC(F)(F)F)cc3)cc2)CC1. The smallest absolute Gasteiger partial charge is 0.406 e. The first-order chi connectivity index (χ1) is 13.9. The molecular formula is C25H31F3O. The lowest BCUT2D eigenvalue weighted by molar-refractivity contribution is -0.274. The number of hydrogen-bond donors (Lipinski definition) is 0. The molecule has 4 heteroatoms. The summed E-state index contributed by atoms with van der Waals surface area (Å²) in [6.45, 7) is 2.27. The summed E-state index contributed by atoms with van der Waals surface area (Å²) in [5, 5.41) is 0. The minimum atomic E-state index is -4.64. The predicted molar refractivity (Wildman–Crippen MR) is 111 cm³/mol. The first-order valence-corrected chi connectivity index (χ1v) is 10.9. The van der Waals surface area contributed by atoms with Gasteiger partial charge in [0.2, 0.25) is 0 Å². The van der Waals surface area contributed by atoms with Gasteiger partial charge >= 0.3 is 6.36 Å². The highest BCUT2D eigenvalue weighted by Crippen LogP contribution is 2.37. The molecule has 0 heterocycles. The average Bonchev–Trinajstić information content (AvgIpc) is 2.71. The standard InChI is InChI=1S/C25H31F3O/c1-2-3-4-19-7-13-22(14-8-19)23-15-9-20(10-16-23)5-6-21-11-17-24(18-12-21)29-25(26,27)28/h9-12,15-19,22H,2-8,13-14H2,1H3. The predicted octanol–water partition coefficient (Wildman–Crippen LogP) is 7.83. The lowest BCUT2D eigenvalue weighted by Gasteiger charge is -2.29. The Morgan fingerprint density at radius 2 is 1.38 bits per heavy atom. The Balaban J connectivity index is 1.46. The maximum absolute atomic E-state index is 12.2. The normalized spacial score (nSPS) is 19.9. The molecule has 2 aromatic carbocycles. The van der Waals surface area contributed by atoms with Crippen LogP contribution in [0.3, 0.4) is 0 Å². The molecule has 3 rings (SSSR count). The highest BCUT2D eigenvalue weighted by molar-refractivity contribution is 5.30. The summed E-state index contributed by atoms with van der Waals surface area (Å²) in [5.74, 6) is 1.46. The van der Waals surface area contributed by atoms with E-state index in [9.17, 15) is 13.2 Å². The third-order valence-electron chi connectivity index (χ3n) is 6.12. The van der Waals surface area contributed by atoms with Gasteiger partial charge < -0.3 is 4.74 Å². The number of ether oxygens (including phenoxy) is 1. The van der Waals surface area contributed by atoms with E-state index in [1.165, 1.54) is 68.2 Å². The zero-order chi connectivity index (χ0) is 20.7. The third-order valence-corrected chi connectivity index (χ3v) is 6.12. The second kappa shape index (κ2) is 10.2. The second-order valence-corrected chi connectivity index (χ2v) is 8.29. The van der Waals surface area contributed by atoms with Crippen molar-refractivity contribution >= 4 is 0 Å². The molecule has 158 valence electrons. The van der Waals surface area contributed by atoms with E-state index < -0.39 is 6.36 Å². The van der Waals surface area contributed by atoms with Crippen molar-refractivity contribution in [1.82, 2.24) is 0 Å². The summed E-state index contributed by atoms with van der Waals surface area (Å²) < 4.78 is 40.6. The lowest BCUT2D eigenvalue weighted by Crippen LogP contribution is -2.17. The van der Waals surface area contributed by atoms with Gasteiger partial charge in [-0.3, -0.25) is 0 Å². The van der Waals surface area contributed by atoms with Crippen molar-refractivity contribution in [2.75, 3.05) is 0 Å². The summed E-state index contributed by atoms with van der Waals surface area (Å²) >= 11 is 0. The molecule has 0 amide bonds. The highest BCUT2D eigenvalue weighted by atomic mass is 19.4. The van der Waals surface area contributed by atoms with Gasteiger partial charge in [0.1, 0.15) is 5.75 Å².